The van der Waals surface area contributed by atoms with Crippen LogP contribution < -0.4 is 5.32 Å². The lowest BCUT2D eigenvalue weighted by Crippen LogP contribution is -2.40. The Morgan fingerprint density at radius 2 is 2.05 bits per heavy atom. The molecule has 21 heavy (non-hydrogen) atoms. The summed E-state index contributed by atoms with van der Waals surface area (Å²) in [7, 11) is 0. The molecule has 1 N–H and O–H groups in total. The molecule has 2 unspecified atom stereocenters. The predicted molar refractivity (Wildman–Crippen MR) is 92.3 cm³/mol. The Kier molecular flexibility index (Phi) is 6.36. The maximum atomic E-state index is 6.39. The molecule has 1 aromatic carbocycles. The van der Waals surface area contributed by atoms with E-state index in [-0.39, 0.29) is 0 Å². The van der Waals surface area contributed by atoms with Crippen LogP contribution in [0.15, 0.2) is 18.2 Å². The van der Waals surface area contributed by atoms with Crippen molar-refractivity contribution in [3.63, 3.8) is 0 Å². The number of halogens is 2. The highest BCUT2D eigenvalue weighted by Gasteiger charge is 2.24. The molecule has 4 heteroatoms. The van der Waals surface area contributed by atoms with Crippen LogP contribution in [0.4, 0.5) is 0 Å². The molecule has 0 radical (unpaired) electrons. The molecule has 0 aromatic heterocycles. The largest absolute Gasteiger partial charge is 0.313 e. The lowest BCUT2D eigenvalue weighted by atomic mass is 10.0. The Balaban J connectivity index is 2.13. The molecule has 0 bridgehead atoms. The summed E-state index contributed by atoms with van der Waals surface area (Å²) < 4.78 is 0. The fourth-order valence-electron chi connectivity index (χ4n) is 3.09. The minimum absolute atomic E-state index is 0.305. The van der Waals surface area contributed by atoms with Crippen molar-refractivity contribution in [1.82, 2.24) is 10.2 Å². The fraction of sp³-hybridized carbons (Fsp3) is 0.647. The maximum Gasteiger partial charge on any atom is 0.0468 e. The summed E-state index contributed by atoms with van der Waals surface area (Å²) in [6, 6.07) is 6.75. The first-order chi connectivity index (χ1) is 9.97. The third-order valence-electron chi connectivity index (χ3n) is 4.18. The molecule has 1 aliphatic heterocycles. The summed E-state index contributed by atoms with van der Waals surface area (Å²) in [6.07, 6.45) is 2.56. The molecule has 0 amide bonds. The van der Waals surface area contributed by atoms with Crippen molar-refractivity contribution in [3.05, 3.63) is 33.8 Å². The average molecular weight is 329 g/mol. The monoisotopic (exact) mass is 328 g/mol. The highest BCUT2D eigenvalue weighted by molar-refractivity contribution is 6.35. The van der Waals surface area contributed by atoms with Crippen molar-refractivity contribution in [2.24, 2.45) is 5.92 Å². The van der Waals surface area contributed by atoms with E-state index < -0.39 is 0 Å². The molecule has 2 atom stereocenters. The van der Waals surface area contributed by atoms with Gasteiger partial charge in [-0.15, -0.1) is 0 Å². The van der Waals surface area contributed by atoms with E-state index in [1.807, 2.05) is 12.1 Å². The van der Waals surface area contributed by atoms with Crippen molar-refractivity contribution in [3.8, 4) is 0 Å². The predicted octanol–water partition coefficient (Wildman–Crippen LogP) is 4.76. The number of rotatable bonds is 6. The molecule has 118 valence electrons. The topological polar surface area (TPSA) is 15.3 Å². The van der Waals surface area contributed by atoms with Gasteiger partial charge in [0, 0.05) is 35.2 Å². The smallest absolute Gasteiger partial charge is 0.0468 e. The van der Waals surface area contributed by atoms with Gasteiger partial charge in [0.05, 0.1) is 0 Å². The Bertz CT molecular complexity index is 456. The van der Waals surface area contributed by atoms with Crippen molar-refractivity contribution < 1.29 is 0 Å². The van der Waals surface area contributed by atoms with E-state index in [9.17, 15) is 0 Å². The number of nitrogens with zero attached hydrogens (tertiary/aromatic N) is 1. The molecule has 0 spiro atoms. The second-order valence-corrected chi connectivity index (χ2v) is 7.33. The molecule has 2 rings (SSSR count). The summed E-state index contributed by atoms with van der Waals surface area (Å²) in [5.74, 6) is 0.639. The second kappa shape index (κ2) is 7.82. The number of benzene rings is 1. The zero-order valence-corrected chi connectivity index (χ0v) is 14.7. The van der Waals surface area contributed by atoms with Crippen LogP contribution in [0.3, 0.4) is 0 Å². The van der Waals surface area contributed by atoms with E-state index in [1.54, 1.807) is 0 Å². The van der Waals surface area contributed by atoms with Gasteiger partial charge in [0.2, 0.25) is 0 Å². The van der Waals surface area contributed by atoms with Crippen LogP contribution in [-0.4, -0.2) is 30.6 Å². The van der Waals surface area contributed by atoms with Gasteiger partial charge in [-0.1, -0.05) is 43.1 Å². The third-order valence-corrected chi connectivity index (χ3v) is 4.74. The van der Waals surface area contributed by atoms with Crippen LogP contribution in [0.2, 0.25) is 10.0 Å². The van der Waals surface area contributed by atoms with Gasteiger partial charge >= 0.3 is 0 Å². The molecular weight excluding hydrogens is 303 g/mol. The minimum atomic E-state index is 0.305. The highest BCUT2D eigenvalue weighted by Crippen LogP contribution is 2.30. The first-order valence-corrected chi connectivity index (χ1v) is 8.65. The Morgan fingerprint density at radius 3 is 2.62 bits per heavy atom. The number of hydrogen-bond acceptors (Lipinski definition) is 2. The van der Waals surface area contributed by atoms with Gasteiger partial charge in [-0.25, -0.2) is 0 Å². The summed E-state index contributed by atoms with van der Waals surface area (Å²) in [5, 5.41) is 5.06. The van der Waals surface area contributed by atoms with Crippen LogP contribution in [0.25, 0.3) is 0 Å². The Labute approximate surface area is 138 Å². The summed E-state index contributed by atoms with van der Waals surface area (Å²) in [6.45, 7) is 10.1. The zero-order chi connectivity index (χ0) is 15.4. The minimum Gasteiger partial charge on any atom is -0.313 e. The van der Waals surface area contributed by atoms with E-state index in [1.165, 1.54) is 18.4 Å². The molecule has 2 nitrogen and oxygen atoms in total. The average Bonchev–Trinajstić information content (AvgIpc) is 2.89. The van der Waals surface area contributed by atoms with Gasteiger partial charge < -0.3 is 5.32 Å². The number of nitrogens with one attached hydrogen (secondary N) is 1. The van der Waals surface area contributed by atoms with Gasteiger partial charge in [-0.05, 0) is 49.9 Å². The maximum absolute atomic E-state index is 6.39. The standard InChI is InChI=1S/C17H26Cl2N2/c1-12(2)10-21(11-15-5-4-8-20-15)13(3)16-7-6-14(18)9-17(16)19/h6-7,9,12-13,15,20H,4-5,8,10-11H2,1-3H3. The zero-order valence-electron chi connectivity index (χ0n) is 13.2. The third kappa shape index (κ3) is 4.85. The molecule has 1 aliphatic rings. The van der Waals surface area contributed by atoms with Crippen LogP contribution in [0.5, 0.6) is 0 Å². The van der Waals surface area contributed by atoms with Gasteiger partial charge in [-0.3, -0.25) is 4.90 Å². The van der Waals surface area contributed by atoms with Crippen LogP contribution >= 0.6 is 23.2 Å². The van der Waals surface area contributed by atoms with Crippen molar-refractivity contribution >= 4 is 23.2 Å². The fourth-order valence-corrected chi connectivity index (χ4v) is 3.66. The first kappa shape index (κ1) is 17.1. The molecule has 1 aromatic rings. The highest BCUT2D eigenvalue weighted by atomic mass is 35.5. The van der Waals surface area contributed by atoms with E-state index in [2.05, 4.69) is 37.1 Å². The molecule has 1 fully saturated rings. The number of hydrogen-bond donors (Lipinski definition) is 1. The van der Waals surface area contributed by atoms with Crippen molar-refractivity contribution in [1.29, 1.82) is 0 Å². The van der Waals surface area contributed by atoms with E-state index >= 15 is 0 Å². The Hall–Kier alpha value is -0.280. The molecule has 0 saturated carbocycles. The normalized spacial score (nSPS) is 20.4. The summed E-state index contributed by atoms with van der Waals surface area (Å²) >= 11 is 12.4. The second-order valence-electron chi connectivity index (χ2n) is 6.48. The van der Waals surface area contributed by atoms with Gasteiger partial charge in [0.1, 0.15) is 0 Å². The SMILES string of the molecule is CC(C)CN(CC1CCCN1)C(C)c1ccc(Cl)cc1Cl. The quantitative estimate of drug-likeness (QED) is 0.809. The first-order valence-electron chi connectivity index (χ1n) is 7.89. The van der Waals surface area contributed by atoms with Gasteiger partial charge in [-0.2, -0.15) is 0 Å². The van der Waals surface area contributed by atoms with E-state index in [0.29, 0.717) is 23.0 Å². The molecular formula is C17H26Cl2N2. The lowest BCUT2D eigenvalue weighted by Gasteiger charge is -2.33. The van der Waals surface area contributed by atoms with Crippen molar-refractivity contribution in [2.75, 3.05) is 19.6 Å². The molecule has 1 heterocycles. The Morgan fingerprint density at radius 1 is 1.29 bits per heavy atom. The van der Waals surface area contributed by atoms with E-state index in [0.717, 1.165) is 24.7 Å². The van der Waals surface area contributed by atoms with Gasteiger partial charge in [0.25, 0.3) is 0 Å². The summed E-state index contributed by atoms with van der Waals surface area (Å²) in [4.78, 5) is 2.54. The summed E-state index contributed by atoms with van der Waals surface area (Å²) in [5.41, 5.74) is 1.17. The molecule has 0 aliphatic carbocycles. The van der Waals surface area contributed by atoms with E-state index in [4.69, 9.17) is 23.2 Å². The van der Waals surface area contributed by atoms with Crippen molar-refractivity contribution in [2.45, 2.75) is 45.7 Å². The van der Waals surface area contributed by atoms with Crippen LogP contribution in [0, 0.1) is 5.92 Å². The van der Waals surface area contributed by atoms with Gasteiger partial charge in [0.15, 0.2) is 0 Å². The van der Waals surface area contributed by atoms with Crippen LogP contribution in [-0.2, 0) is 0 Å². The molecule has 1 saturated heterocycles. The van der Waals surface area contributed by atoms with Crippen LogP contribution in [0.1, 0.15) is 45.2 Å². The lowest BCUT2D eigenvalue weighted by molar-refractivity contribution is 0.171.